The van der Waals surface area contributed by atoms with Crippen LogP contribution < -0.4 is 30.4 Å². The monoisotopic (exact) mass is 991 g/mol. The molecule has 9 aromatic carbocycles. The Morgan fingerprint density at radius 2 is 0.907 bits per heavy atom. The molecule has 12 aromatic rings. The quantitative estimate of drug-likeness (QED) is 0.161. The minimum absolute atomic E-state index is 0.00823. The van der Waals surface area contributed by atoms with Gasteiger partial charge in [0, 0.05) is 70.8 Å². The first-order valence-corrected chi connectivity index (χ1v) is 27.2. The van der Waals surface area contributed by atoms with Crippen LogP contribution in [0.3, 0.4) is 0 Å². The second kappa shape index (κ2) is 16.3. The van der Waals surface area contributed by atoms with Gasteiger partial charge in [-0.05, 0) is 141 Å². The van der Waals surface area contributed by atoms with Crippen LogP contribution in [0.1, 0.15) is 79.0 Å². The smallest absolute Gasteiger partial charge is 0.264 e. The Labute approximate surface area is 443 Å². The van der Waals surface area contributed by atoms with Gasteiger partial charge in [-0.1, -0.05) is 153 Å². The predicted octanol–water partition coefficient (Wildman–Crippen LogP) is 18.1. The number of hydrogen-bond acceptors (Lipinski definition) is 6. The third-order valence-corrected chi connectivity index (χ3v) is 17.2. The van der Waals surface area contributed by atoms with E-state index >= 15 is 0 Å². The van der Waals surface area contributed by atoms with E-state index in [1.165, 1.54) is 59.2 Å². The van der Waals surface area contributed by atoms with Gasteiger partial charge in [-0.2, -0.15) is 0 Å². The van der Waals surface area contributed by atoms with Crippen LogP contribution >= 0.6 is 11.3 Å². The molecule has 0 aliphatic carbocycles. The van der Waals surface area contributed by atoms with Gasteiger partial charge in [-0.25, -0.2) is 0 Å². The van der Waals surface area contributed by atoms with Crippen molar-refractivity contribution in [3.63, 3.8) is 0 Å². The molecule has 2 aliphatic rings. The number of hydrogen-bond donors (Lipinski definition) is 0. The number of fused-ring (bicyclic) bond motifs is 13. The molecule has 0 amide bonds. The summed E-state index contributed by atoms with van der Waals surface area (Å²) in [5.74, 6) is 0. The third-order valence-electron chi connectivity index (χ3n) is 15.9. The van der Waals surface area contributed by atoms with E-state index in [-0.39, 0.29) is 23.0 Å². The number of thiophene rings is 1. The van der Waals surface area contributed by atoms with E-state index in [4.69, 9.17) is 8.83 Å². The average Bonchev–Trinajstić information content (AvgIpc) is 4.22. The lowest BCUT2D eigenvalue weighted by Crippen LogP contribution is -2.60. The van der Waals surface area contributed by atoms with Crippen molar-refractivity contribution in [1.29, 1.82) is 0 Å². The fraction of sp³-hybridized carbons (Fsp3) is 0.176. The summed E-state index contributed by atoms with van der Waals surface area (Å²) in [6, 6.07) is 69.9. The second-order valence-electron chi connectivity index (χ2n) is 23.8. The zero-order valence-electron chi connectivity index (χ0n) is 44.0. The van der Waals surface area contributed by atoms with E-state index < -0.39 is 0 Å². The van der Waals surface area contributed by atoms with Crippen LogP contribution in [0, 0.1) is 0 Å². The Kier molecular flexibility index (Phi) is 9.88. The van der Waals surface area contributed by atoms with E-state index in [1.54, 1.807) is 0 Å². The largest absolute Gasteiger partial charge is 0.456 e. The molecule has 0 saturated heterocycles. The SMILES string of the molecule is CC(C)(C)c1ccc(N(c2ccc(C(C)(C)C)cc2)c2ccc3c(c2)N(c2cccc4oc5ccccc5c24)c2cccc4c2B3c2sc3c(ccc5oc6ccccc6c53)c2N4c2ccc(C(C)(C)C)cc2)cc1. The molecule has 0 radical (unpaired) electrons. The highest BCUT2D eigenvalue weighted by Gasteiger charge is 2.46. The maximum atomic E-state index is 6.68. The van der Waals surface area contributed by atoms with Gasteiger partial charge in [0.05, 0.1) is 16.8 Å². The average molecular weight is 992 g/mol. The number of furan rings is 2. The van der Waals surface area contributed by atoms with Crippen LogP contribution in [0.25, 0.3) is 54.0 Å². The summed E-state index contributed by atoms with van der Waals surface area (Å²) >= 11 is 1.92. The van der Waals surface area contributed by atoms with E-state index in [2.05, 4.69) is 265 Å². The van der Waals surface area contributed by atoms with E-state index in [1.807, 2.05) is 11.3 Å². The van der Waals surface area contributed by atoms with Crippen molar-refractivity contribution in [3.05, 3.63) is 205 Å². The van der Waals surface area contributed by atoms with Gasteiger partial charge in [0.25, 0.3) is 6.71 Å². The molecule has 0 saturated carbocycles. The molecule has 0 spiro atoms. The van der Waals surface area contributed by atoms with Crippen LogP contribution in [0.15, 0.2) is 197 Å². The molecule has 5 heterocycles. The summed E-state index contributed by atoms with van der Waals surface area (Å²) in [5.41, 5.74) is 20.2. The molecule has 7 heteroatoms. The fourth-order valence-electron chi connectivity index (χ4n) is 12.1. The Morgan fingerprint density at radius 1 is 0.413 bits per heavy atom. The van der Waals surface area contributed by atoms with Crippen molar-refractivity contribution in [1.82, 2.24) is 0 Å². The van der Waals surface area contributed by atoms with Gasteiger partial charge in [0.15, 0.2) is 0 Å². The topological polar surface area (TPSA) is 36.0 Å². The van der Waals surface area contributed by atoms with E-state index in [0.29, 0.717) is 0 Å². The highest BCUT2D eigenvalue weighted by Crippen LogP contribution is 2.52. The maximum absolute atomic E-state index is 6.68. The van der Waals surface area contributed by atoms with Crippen molar-refractivity contribution < 1.29 is 8.83 Å². The molecule has 14 rings (SSSR count). The van der Waals surface area contributed by atoms with Gasteiger partial charge in [0.1, 0.15) is 22.3 Å². The molecule has 3 aromatic heterocycles. The molecular formula is C68H58BN3O2S. The van der Waals surface area contributed by atoms with Crippen LogP contribution in [-0.2, 0) is 16.2 Å². The Balaban J connectivity index is 1.07. The lowest BCUT2D eigenvalue weighted by molar-refractivity contribution is 0.590. The Morgan fingerprint density at radius 3 is 1.51 bits per heavy atom. The maximum Gasteiger partial charge on any atom is 0.264 e. The second-order valence-corrected chi connectivity index (χ2v) is 24.8. The van der Waals surface area contributed by atoms with Gasteiger partial charge in [-0.3, -0.25) is 0 Å². The first-order valence-electron chi connectivity index (χ1n) is 26.4. The molecule has 75 heavy (non-hydrogen) atoms. The Hall–Kier alpha value is -8.00. The number of benzene rings is 9. The minimum atomic E-state index is -0.0897. The van der Waals surface area contributed by atoms with Gasteiger partial charge in [0.2, 0.25) is 0 Å². The third kappa shape index (κ3) is 7.04. The minimum Gasteiger partial charge on any atom is -0.456 e. The first kappa shape index (κ1) is 45.6. The van der Waals surface area contributed by atoms with Crippen molar-refractivity contribution in [2.75, 3.05) is 14.7 Å². The molecule has 5 nitrogen and oxygen atoms in total. The van der Waals surface area contributed by atoms with Crippen LogP contribution in [0.5, 0.6) is 0 Å². The highest BCUT2D eigenvalue weighted by atomic mass is 32.1. The first-order chi connectivity index (χ1) is 36.1. The Bertz CT molecular complexity index is 4200. The molecular weight excluding hydrogens is 934 g/mol. The summed E-state index contributed by atoms with van der Waals surface area (Å²) in [6.07, 6.45) is 0. The zero-order valence-corrected chi connectivity index (χ0v) is 44.9. The summed E-state index contributed by atoms with van der Waals surface area (Å²) < 4.78 is 15.8. The van der Waals surface area contributed by atoms with Crippen molar-refractivity contribution in [2.24, 2.45) is 0 Å². The van der Waals surface area contributed by atoms with Gasteiger partial charge < -0.3 is 23.5 Å². The number of para-hydroxylation sites is 2. The summed E-state index contributed by atoms with van der Waals surface area (Å²) in [5, 5.41) is 5.73. The zero-order chi connectivity index (χ0) is 51.3. The van der Waals surface area contributed by atoms with Crippen molar-refractivity contribution >= 4 is 139 Å². The number of anilines is 9. The van der Waals surface area contributed by atoms with Crippen LogP contribution in [0.2, 0.25) is 0 Å². The molecule has 0 unspecified atom stereocenters. The van der Waals surface area contributed by atoms with Crippen molar-refractivity contribution in [2.45, 2.75) is 78.6 Å². The van der Waals surface area contributed by atoms with Crippen LogP contribution in [0.4, 0.5) is 51.2 Å². The number of rotatable bonds is 5. The molecule has 366 valence electrons. The molecule has 0 bridgehead atoms. The standard InChI is InChI=1S/C68H58BN3O2S/c1-66(2,3)41-24-30-44(31-25-41)70(45-32-26-42(27-33-45)67(4,5)6)47-36-38-51-55(40-47)72(52-18-15-23-58-60(52)48-16-10-12-21-56(48)73-58)54-20-14-19-53-62(54)69(51)65-63(71(53)46-34-28-43(29-35-46)68(7,8)9)50-37-39-59-61(64(50)75-65)49-17-11-13-22-57(49)74-59/h10-40H,1-9H3. The number of nitrogens with zero attached hydrogens (tertiary/aromatic N) is 3. The van der Waals surface area contributed by atoms with Gasteiger partial charge in [-0.15, -0.1) is 11.3 Å². The molecule has 0 atom stereocenters. The summed E-state index contributed by atoms with van der Waals surface area (Å²) in [7, 11) is 0. The lowest BCUT2D eigenvalue weighted by atomic mass is 9.36. The summed E-state index contributed by atoms with van der Waals surface area (Å²) in [4.78, 5) is 7.54. The van der Waals surface area contributed by atoms with Gasteiger partial charge >= 0.3 is 0 Å². The van der Waals surface area contributed by atoms with E-state index in [9.17, 15) is 0 Å². The van der Waals surface area contributed by atoms with Crippen LogP contribution in [-0.4, -0.2) is 6.71 Å². The lowest BCUT2D eigenvalue weighted by Gasteiger charge is -2.43. The predicted molar refractivity (Wildman–Crippen MR) is 321 cm³/mol. The molecule has 0 N–H and O–H groups in total. The molecule has 0 fully saturated rings. The molecule has 2 aliphatic heterocycles. The fourth-order valence-corrected chi connectivity index (χ4v) is 13.5. The highest BCUT2D eigenvalue weighted by molar-refractivity contribution is 7.34. The summed E-state index contributed by atoms with van der Waals surface area (Å²) in [6.45, 7) is 20.5. The van der Waals surface area contributed by atoms with Crippen molar-refractivity contribution in [3.8, 4) is 0 Å². The normalized spacial score (nSPS) is 13.6. The van der Waals surface area contributed by atoms with E-state index in [0.717, 1.165) is 78.3 Å².